The Hall–Kier alpha value is -4.96. The molecule has 0 aliphatic carbocycles. The van der Waals surface area contributed by atoms with Crippen molar-refractivity contribution in [3.8, 4) is 33.6 Å². The highest BCUT2D eigenvalue weighted by atomic mass is 16.2. The fraction of sp³-hybridized carbons (Fsp3) is 0.111. The number of hydrogen-bond acceptors (Lipinski definition) is 7. The molecule has 0 aliphatic rings. The van der Waals surface area contributed by atoms with Gasteiger partial charge in [0.05, 0.1) is 35.8 Å². The van der Waals surface area contributed by atoms with Crippen LogP contribution in [0.15, 0.2) is 73.7 Å². The molecule has 1 amide bonds. The van der Waals surface area contributed by atoms with E-state index < -0.39 is 0 Å². The smallest absolute Gasteiger partial charge is 0.238 e. The van der Waals surface area contributed by atoms with Crippen molar-refractivity contribution >= 4 is 33.5 Å². The van der Waals surface area contributed by atoms with Crippen molar-refractivity contribution in [2.45, 2.75) is 0 Å². The van der Waals surface area contributed by atoms with Crippen molar-refractivity contribution < 1.29 is 4.79 Å². The van der Waals surface area contributed by atoms with E-state index in [-0.39, 0.29) is 5.91 Å². The van der Waals surface area contributed by atoms with Crippen molar-refractivity contribution in [1.29, 1.82) is 0 Å². The number of carbonyl (C=O) groups is 1. The molecule has 0 spiro atoms. The van der Waals surface area contributed by atoms with E-state index in [1.807, 2.05) is 55.7 Å². The molecule has 6 heterocycles. The average molecular weight is 490 g/mol. The molecule has 182 valence electrons. The van der Waals surface area contributed by atoms with Gasteiger partial charge in [0.25, 0.3) is 0 Å². The Kier molecular flexibility index (Phi) is 5.62. The van der Waals surface area contributed by atoms with Gasteiger partial charge in [0.1, 0.15) is 5.69 Å². The second-order valence-corrected chi connectivity index (χ2v) is 9.01. The van der Waals surface area contributed by atoms with Crippen LogP contribution in [0.4, 0.5) is 5.69 Å². The molecule has 6 aromatic rings. The number of amides is 1. The third-order valence-electron chi connectivity index (χ3n) is 6.00. The minimum absolute atomic E-state index is 0.103. The van der Waals surface area contributed by atoms with Crippen molar-refractivity contribution in [3.05, 3.63) is 73.7 Å². The quantitative estimate of drug-likeness (QED) is 0.321. The maximum absolute atomic E-state index is 12.2. The van der Waals surface area contributed by atoms with Crippen LogP contribution >= 0.6 is 0 Å². The molecule has 0 radical (unpaired) electrons. The molecule has 0 aromatic carbocycles. The summed E-state index contributed by atoms with van der Waals surface area (Å²) in [6.45, 7) is 0.290. The molecule has 0 saturated carbocycles. The Bertz CT molecular complexity index is 1740. The number of hydrogen-bond donors (Lipinski definition) is 3. The summed E-state index contributed by atoms with van der Waals surface area (Å²) in [7, 11) is 3.70. The number of aromatic nitrogens is 7. The summed E-state index contributed by atoms with van der Waals surface area (Å²) in [6, 6.07) is 9.91. The first-order chi connectivity index (χ1) is 18.0. The Morgan fingerprint density at radius 3 is 2.59 bits per heavy atom. The Balaban J connectivity index is 1.38. The number of rotatable bonds is 6. The van der Waals surface area contributed by atoms with Gasteiger partial charge in [-0.05, 0) is 38.4 Å². The van der Waals surface area contributed by atoms with Gasteiger partial charge in [0.15, 0.2) is 5.65 Å². The average Bonchev–Trinajstić information content (AvgIpc) is 3.52. The lowest BCUT2D eigenvalue weighted by Crippen LogP contribution is -2.27. The van der Waals surface area contributed by atoms with Crippen LogP contribution in [0.1, 0.15) is 0 Å². The zero-order chi connectivity index (χ0) is 25.4. The molecule has 0 bridgehead atoms. The fourth-order valence-electron chi connectivity index (χ4n) is 4.35. The predicted molar refractivity (Wildman–Crippen MR) is 143 cm³/mol. The molecule has 3 N–H and O–H groups in total. The lowest BCUT2D eigenvalue weighted by molar-refractivity contribution is -0.116. The zero-order valence-corrected chi connectivity index (χ0v) is 20.2. The second-order valence-electron chi connectivity index (χ2n) is 9.01. The third kappa shape index (κ3) is 4.41. The van der Waals surface area contributed by atoms with Crippen molar-refractivity contribution in [2.75, 3.05) is 26.0 Å². The van der Waals surface area contributed by atoms with E-state index in [0.717, 1.165) is 49.9 Å². The van der Waals surface area contributed by atoms with Crippen LogP contribution in [0.5, 0.6) is 0 Å². The van der Waals surface area contributed by atoms with Crippen LogP contribution in [0.3, 0.4) is 0 Å². The number of carbonyl (C=O) groups excluding carboxylic acids is 1. The number of fused-ring (bicyclic) bond motifs is 2. The maximum Gasteiger partial charge on any atom is 0.238 e. The topological polar surface area (TPSA) is 128 Å². The molecule has 37 heavy (non-hydrogen) atoms. The van der Waals surface area contributed by atoms with Crippen LogP contribution in [-0.2, 0) is 4.79 Å². The lowest BCUT2D eigenvalue weighted by atomic mass is 10.1. The number of nitrogens with zero attached hydrogens (tertiary/aromatic N) is 6. The molecule has 0 saturated heterocycles. The van der Waals surface area contributed by atoms with Crippen molar-refractivity contribution in [2.24, 2.45) is 0 Å². The van der Waals surface area contributed by atoms with Gasteiger partial charge in [-0.25, -0.2) is 4.98 Å². The van der Waals surface area contributed by atoms with E-state index in [2.05, 4.69) is 46.5 Å². The Labute approximate surface area is 211 Å². The van der Waals surface area contributed by atoms with Crippen LogP contribution in [0.25, 0.3) is 55.6 Å². The van der Waals surface area contributed by atoms with Crippen molar-refractivity contribution in [1.82, 2.24) is 40.0 Å². The Morgan fingerprint density at radius 1 is 0.919 bits per heavy atom. The fourth-order valence-corrected chi connectivity index (χ4v) is 4.35. The van der Waals surface area contributed by atoms with Crippen LogP contribution < -0.4 is 5.32 Å². The first-order valence-electron chi connectivity index (χ1n) is 11.7. The van der Waals surface area contributed by atoms with Gasteiger partial charge in [0.2, 0.25) is 5.91 Å². The van der Waals surface area contributed by atoms with E-state index in [0.29, 0.717) is 17.9 Å². The van der Waals surface area contributed by atoms with E-state index in [4.69, 9.17) is 0 Å². The van der Waals surface area contributed by atoms with Crippen LogP contribution in [0, 0.1) is 0 Å². The lowest BCUT2D eigenvalue weighted by Gasteiger charge is -2.10. The number of H-pyrrole nitrogens is 2. The van der Waals surface area contributed by atoms with E-state index in [1.54, 1.807) is 31.0 Å². The molecule has 6 aromatic heterocycles. The number of aromatic amines is 2. The summed E-state index contributed by atoms with van der Waals surface area (Å²) in [5.41, 5.74) is 7.49. The molecule has 0 fully saturated rings. The van der Waals surface area contributed by atoms with E-state index in [9.17, 15) is 4.79 Å². The van der Waals surface area contributed by atoms with Gasteiger partial charge in [-0.1, -0.05) is 6.07 Å². The number of likely N-dealkylation sites (N-methyl/N-ethyl adjacent to an activating group) is 1. The molecule has 10 heteroatoms. The molecular weight excluding hydrogens is 466 g/mol. The summed E-state index contributed by atoms with van der Waals surface area (Å²) < 4.78 is 0. The normalized spacial score (nSPS) is 11.4. The number of anilines is 1. The highest BCUT2D eigenvalue weighted by Gasteiger charge is 2.16. The van der Waals surface area contributed by atoms with Gasteiger partial charge in [-0.2, -0.15) is 5.10 Å². The minimum atomic E-state index is -0.103. The standard InChI is InChI=1S/C27H23N9O/c1-36(2)15-25(37)32-19-6-17(10-29-12-19)18-7-21-26(34-35-27(21)31-11-18)23-8-20-22(13-30-14-24(20)33-23)16-4-3-5-28-9-16/h3-14,33H,15H2,1-2H3,(H,32,37)(H,31,34,35). The van der Waals surface area contributed by atoms with Crippen LogP contribution in [0.2, 0.25) is 0 Å². The molecule has 0 unspecified atom stereocenters. The highest BCUT2D eigenvalue weighted by molar-refractivity contribution is 6.00. The van der Waals surface area contributed by atoms with E-state index >= 15 is 0 Å². The second kappa shape index (κ2) is 9.25. The minimum Gasteiger partial charge on any atom is -0.352 e. The summed E-state index contributed by atoms with van der Waals surface area (Å²) >= 11 is 0. The zero-order valence-electron chi connectivity index (χ0n) is 20.2. The number of nitrogens with one attached hydrogen (secondary N) is 3. The predicted octanol–water partition coefficient (Wildman–Crippen LogP) is 4.13. The molecule has 10 nitrogen and oxygen atoms in total. The molecular formula is C27H23N9O. The largest absolute Gasteiger partial charge is 0.352 e. The first-order valence-corrected chi connectivity index (χ1v) is 11.7. The maximum atomic E-state index is 12.2. The van der Waals surface area contributed by atoms with Gasteiger partial charge < -0.3 is 15.2 Å². The molecule has 6 rings (SSSR count). The molecule has 0 atom stereocenters. The SMILES string of the molecule is CN(C)CC(=O)Nc1cncc(-c2cnc3[nH]nc(-c4cc5c(-c6cccnc6)cncc5[nH]4)c3c2)c1. The van der Waals surface area contributed by atoms with Gasteiger partial charge in [-0.3, -0.25) is 24.8 Å². The molecule has 0 aliphatic heterocycles. The Morgan fingerprint density at radius 2 is 1.76 bits per heavy atom. The number of pyridine rings is 4. The van der Waals surface area contributed by atoms with Gasteiger partial charge in [-0.15, -0.1) is 0 Å². The first kappa shape index (κ1) is 22.5. The van der Waals surface area contributed by atoms with E-state index in [1.165, 1.54) is 0 Å². The highest BCUT2D eigenvalue weighted by Crippen LogP contribution is 2.34. The summed E-state index contributed by atoms with van der Waals surface area (Å²) in [4.78, 5) is 35.0. The monoisotopic (exact) mass is 489 g/mol. The summed E-state index contributed by atoms with van der Waals surface area (Å²) in [5.74, 6) is -0.103. The van der Waals surface area contributed by atoms with Gasteiger partial charge >= 0.3 is 0 Å². The van der Waals surface area contributed by atoms with Crippen LogP contribution in [-0.4, -0.2) is 66.6 Å². The summed E-state index contributed by atoms with van der Waals surface area (Å²) in [5, 5.41) is 12.4. The third-order valence-corrected chi connectivity index (χ3v) is 6.00. The van der Waals surface area contributed by atoms with Crippen molar-refractivity contribution in [3.63, 3.8) is 0 Å². The summed E-state index contributed by atoms with van der Waals surface area (Å²) in [6.07, 6.45) is 12.4. The van der Waals surface area contributed by atoms with Gasteiger partial charge in [0, 0.05) is 64.0 Å².